The van der Waals surface area contributed by atoms with Crippen LogP contribution in [0.2, 0.25) is 0 Å². The Labute approximate surface area is 119 Å². The molecule has 1 aromatic rings. The zero-order chi connectivity index (χ0) is 14.4. The minimum Gasteiger partial charge on any atom is -0.491 e. The monoisotopic (exact) mass is 278 g/mol. The highest BCUT2D eigenvalue weighted by molar-refractivity contribution is 5.70. The van der Waals surface area contributed by atoms with Gasteiger partial charge >= 0.3 is 5.97 Å². The van der Waals surface area contributed by atoms with E-state index in [2.05, 4.69) is 0 Å². The van der Waals surface area contributed by atoms with Crippen LogP contribution in [0.25, 0.3) is 0 Å². The molecule has 110 valence electrons. The highest BCUT2D eigenvalue weighted by atomic mass is 16.5. The first-order chi connectivity index (χ1) is 9.66. The first kappa shape index (κ1) is 14.9. The predicted molar refractivity (Wildman–Crippen MR) is 76.0 cm³/mol. The van der Waals surface area contributed by atoms with Gasteiger partial charge in [-0.25, -0.2) is 0 Å². The lowest BCUT2D eigenvalue weighted by molar-refractivity contribution is -0.143. The number of benzene rings is 1. The highest BCUT2D eigenvalue weighted by Gasteiger charge is 2.26. The van der Waals surface area contributed by atoms with Gasteiger partial charge in [-0.15, -0.1) is 0 Å². The SMILES string of the molecule is Cc1ccccc1OCCOC1CCC(C(=O)O)CC1. The number of hydrogen-bond donors (Lipinski definition) is 1. The molecule has 1 saturated carbocycles. The predicted octanol–water partition coefficient (Wildman–Crippen LogP) is 3.03. The van der Waals surface area contributed by atoms with Gasteiger partial charge in [0.05, 0.1) is 18.6 Å². The van der Waals surface area contributed by atoms with Crippen LogP contribution in [0.3, 0.4) is 0 Å². The fourth-order valence-corrected chi connectivity index (χ4v) is 2.56. The van der Waals surface area contributed by atoms with E-state index in [1.54, 1.807) is 0 Å². The largest absolute Gasteiger partial charge is 0.491 e. The molecule has 0 spiro atoms. The standard InChI is InChI=1S/C16H22O4/c1-12-4-2-3-5-15(12)20-11-10-19-14-8-6-13(7-9-14)16(17)18/h2-5,13-14H,6-11H2,1H3,(H,17,18). The molecule has 20 heavy (non-hydrogen) atoms. The minimum atomic E-state index is -0.675. The Balaban J connectivity index is 1.63. The fraction of sp³-hybridized carbons (Fsp3) is 0.562. The van der Waals surface area contributed by atoms with Crippen LogP contribution in [0.4, 0.5) is 0 Å². The zero-order valence-corrected chi connectivity index (χ0v) is 11.9. The average molecular weight is 278 g/mol. The number of carboxylic acids is 1. The summed E-state index contributed by atoms with van der Waals surface area (Å²) in [5, 5.41) is 8.93. The third kappa shape index (κ3) is 4.23. The van der Waals surface area contributed by atoms with E-state index in [-0.39, 0.29) is 12.0 Å². The minimum absolute atomic E-state index is 0.182. The molecule has 1 aliphatic carbocycles. The van der Waals surface area contributed by atoms with Gasteiger partial charge < -0.3 is 14.6 Å². The van der Waals surface area contributed by atoms with Crippen molar-refractivity contribution in [3.8, 4) is 5.75 Å². The van der Waals surface area contributed by atoms with Gasteiger partial charge in [-0.3, -0.25) is 4.79 Å². The highest BCUT2D eigenvalue weighted by Crippen LogP contribution is 2.26. The van der Waals surface area contributed by atoms with E-state index < -0.39 is 5.97 Å². The molecule has 1 aliphatic rings. The third-order valence-corrected chi connectivity index (χ3v) is 3.81. The maximum absolute atomic E-state index is 10.8. The lowest BCUT2D eigenvalue weighted by atomic mass is 9.87. The molecule has 0 radical (unpaired) electrons. The van der Waals surface area contributed by atoms with Crippen molar-refractivity contribution < 1.29 is 19.4 Å². The second-order valence-electron chi connectivity index (χ2n) is 5.30. The number of para-hydroxylation sites is 1. The molecular formula is C16H22O4. The summed E-state index contributed by atoms with van der Waals surface area (Å²) in [5.74, 6) is 0.0371. The van der Waals surface area contributed by atoms with Crippen LogP contribution in [0.1, 0.15) is 31.2 Å². The van der Waals surface area contributed by atoms with E-state index in [1.165, 1.54) is 0 Å². The van der Waals surface area contributed by atoms with Crippen LogP contribution >= 0.6 is 0 Å². The number of hydrogen-bond acceptors (Lipinski definition) is 3. The van der Waals surface area contributed by atoms with Crippen molar-refractivity contribution in [1.29, 1.82) is 0 Å². The number of carboxylic acid groups (broad SMARTS) is 1. The van der Waals surface area contributed by atoms with Crippen LogP contribution in [0, 0.1) is 12.8 Å². The molecule has 4 nitrogen and oxygen atoms in total. The van der Waals surface area contributed by atoms with Crippen LogP contribution in [0.15, 0.2) is 24.3 Å². The van der Waals surface area contributed by atoms with Crippen molar-refractivity contribution in [2.75, 3.05) is 13.2 Å². The summed E-state index contributed by atoms with van der Waals surface area (Å²) >= 11 is 0. The lowest BCUT2D eigenvalue weighted by Gasteiger charge is -2.26. The van der Waals surface area contributed by atoms with Crippen LogP contribution < -0.4 is 4.74 Å². The van der Waals surface area contributed by atoms with E-state index in [0.717, 1.165) is 37.0 Å². The smallest absolute Gasteiger partial charge is 0.306 e. The molecule has 0 saturated heterocycles. The first-order valence-corrected chi connectivity index (χ1v) is 7.19. The van der Waals surface area contributed by atoms with Crippen LogP contribution in [-0.4, -0.2) is 30.4 Å². The zero-order valence-electron chi connectivity index (χ0n) is 11.9. The molecule has 0 amide bonds. The molecule has 4 heteroatoms. The molecule has 0 aliphatic heterocycles. The average Bonchev–Trinajstić information content (AvgIpc) is 2.46. The number of carbonyl (C=O) groups is 1. The van der Waals surface area contributed by atoms with E-state index in [1.807, 2.05) is 31.2 Å². The quantitative estimate of drug-likeness (QED) is 0.813. The molecule has 0 bridgehead atoms. The summed E-state index contributed by atoms with van der Waals surface area (Å²) in [7, 11) is 0. The van der Waals surface area contributed by atoms with Crippen LogP contribution in [0.5, 0.6) is 5.75 Å². The van der Waals surface area contributed by atoms with Gasteiger partial charge in [-0.2, -0.15) is 0 Å². The van der Waals surface area contributed by atoms with Crippen molar-refractivity contribution in [2.24, 2.45) is 5.92 Å². The molecule has 0 unspecified atom stereocenters. The molecule has 1 fully saturated rings. The molecule has 0 heterocycles. The van der Waals surface area contributed by atoms with Gasteiger partial charge in [0.1, 0.15) is 12.4 Å². The lowest BCUT2D eigenvalue weighted by Crippen LogP contribution is -2.27. The maximum Gasteiger partial charge on any atom is 0.306 e. The molecular weight excluding hydrogens is 256 g/mol. The van der Waals surface area contributed by atoms with Gasteiger partial charge in [0.2, 0.25) is 0 Å². The van der Waals surface area contributed by atoms with Crippen molar-refractivity contribution >= 4 is 5.97 Å². The van der Waals surface area contributed by atoms with Crippen molar-refractivity contribution in [2.45, 2.75) is 38.7 Å². The van der Waals surface area contributed by atoms with Gasteiger partial charge in [-0.05, 0) is 44.2 Å². The second kappa shape index (κ2) is 7.29. The topological polar surface area (TPSA) is 55.8 Å². The summed E-state index contributed by atoms with van der Waals surface area (Å²) in [5.41, 5.74) is 1.12. The van der Waals surface area contributed by atoms with E-state index in [4.69, 9.17) is 14.6 Å². The Morgan fingerprint density at radius 3 is 2.55 bits per heavy atom. The van der Waals surface area contributed by atoms with Crippen molar-refractivity contribution in [3.05, 3.63) is 29.8 Å². The number of ether oxygens (including phenoxy) is 2. The van der Waals surface area contributed by atoms with Crippen molar-refractivity contribution in [1.82, 2.24) is 0 Å². The van der Waals surface area contributed by atoms with E-state index in [9.17, 15) is 4.79 Å². The molecule has 1 aromatic carbocycles. The summed E-state index contributed by atoms with van der Waals surface area (Å²) in [6.45, 7) is 3.10. The normalized spacial score (nSPS) is 22.4. The Morgan fingerprint density at radius 2 is 1.90 bits per heavy atom. The Kier molecular flexibility index (Phi) is 5.41. The van der Waals surface area contributed by atoms with Gasteiger partial charge in [0, 0.05) is 0 Å². The van der Waals surface area contributed by atoms with E-state index >= 15 is 0 Å². The first-order valence-electron chi connectivity index (χ1n) is 7.19. The maximum atomic E-state index is 10.8. The molecule has 0 aromatic heterocycles. The molecule has 0 atom stereocenters. The Morgan fingerprint density at radius 1 is 1.20 bits per heavy atom. The third-order valence-electron chi connectivity index (χ3n) is 3.81. The number of aliphatic carboxylic acids is 1. The number of aryl methyl sites for hydroxylation is 1. The summed E-state index contributed by atoms with van der Waals surface area (Å²) in [6, 6.07) is 7.91. The summed E-state index contributed by atoms with van der Waals surface area (Å²) < 4.78 is 11.4. The summed E-state index contributed by atoms with van der Waals surface area (Å²) in [4.78, 5) is 10.8. The Hall–Kier alpha value is -1.55. The Bertz CT molecular complexity index is 436. The second-order valence-corrected chi connectivity index (χ2v) is 5.30. The molecule has 2 rings (SSSR count). The van der Waals surface area contributed by atoms with Gasteiger partial charge in [-0.1, -0.05) is 18.2 Å². The van der Waals surface area contributed by atoms with E-state index in [0.29, 0.717) is 13.2 Å². The molecule has 1 N–H and O–H groups in total. The van der Waals surface area contributed by atoms with Gasteiger partial charge in [0.15, 0.2) is 0 Å². The van der Waals surface area contributed by atoms with Crippen molar-refractivity contribution in [3.63, 3.8) is 0 Å². The van der Waals surface area contributed by atoms with Gasteiger partial charge in [0.25, 0.3) is 0 Å². The fourth-order valence-electron chi connectivity index (χ4n) is 2.56. The number of rotatable bonds is 6. The van der Waals surface area contributed by atoms with Crippen LogP contribution in [-0.2, 0) is 9.53 Å². The summed E-state index contributed by atoms with van der Waals surface area (Å²) in [6.07, 6.45) is 3.30.